The summed E-state index contributed by atoms with van der Waals surface area (Å²) in [6.45, 7) is 15.9. The van der Waals surface area contributed by atoms with E-state index in [1.165, 1.54) is 6.42 Å². The van der Waals surface area contributed by atoms with Gasteiger partial charge in [0.15, 0.2) is 0 Å². The molecular formula is C17H32N2. The van der Waals surface area contributed by atoms with Crippen molar-refractivity contribution in [3.63, 3.8) is 0 Å². The molecule has 1 saturated carbocycles. The van der Waals surface area contributed by atoms with Gasteiger partial charge in [-0.1, -0.05) is 12.2 Å². The van der Waals surface area contributed by atoms with Crippen LogP contribution in [0.15, 0.2) is 12.2 Å². The van der Waals surface area contributed by atoms with Gasteiger partial charge in [-0.05, 0) is 84.7 Å². The molecule has 2 heteroatoms. The Morgan fingerprint density at radius 2 is 1.16 bits per heavy atom. The Labute approximate surface area is 119 Å². The van der Waals surface area contributed by atoms with Crippen LogP contribution in [-0.4, -0.2) is 24.2 Å². The quantitative estimate of drug-likeness (QED) is 0.762. The second-order valence-corrected chi connectivity index (χ2v) is 8.54. The fourth-order valence-electron chi connectivity index (χ4n) is 3.48. The fraction of sp³-hybridized carbons (Fsp3) is 0.882. The molecule has 0 radical (unpaired) electrons. The maximum atomic E-state index is 3.71. The molecule has 1 fully saturated rings. The van der Waals surface area contributed by atoms with Crippen LogP contribution in [0.1, 0.15) is 48.0 Å². The Morgan fingerprint density at radius 1 is 0.789 bits per heavy atom. The first kappa shape index (κ1) is 15.1. The molecule has 0 aromatic heterocycles. The van der Waals surface area contributed by atoms with Crippen molar-refractivity contribution in [2.75, 3.05) is 13.1 Å². The van der Waals surface area contributed by atoms with E-state index in [0.29, 0.717) is 0 Å². The molecule has 2 aliphatic carbocycles. The molecule has 0 unspecified atom stereocenters. The minimum absolute atomic E-state index is 0.230. The standard InChI is InChI=1S/C17H32N2/c1-16(2,3)18-10-14-12-7-8-13(9-12)15(14)11-19-17(4,5)6/h7-8,12-15,18-19H,9-11H2,1-6H3/t12-,13+,14-,15-/m1/s1. The fourth-order valence-corrected chi connectivity index (χ4v) is 3.48. The zero-order valence-electron chi connectivity index (χ0n) is 13.6. The molecule has 2 nitrogen and oxygen atoms in total. The van der Waals surface area contributed by atoms with Gasteiger partial charge in [-0.3, -0.25) is 0 Å². The van der Waals surface area contributed by atoms with Crippen LogP contribution in [0, 0.1) is 23.7 Å². The molecule has 0 amide bonds. The minimum atomic E-state index is 0.230. The highest BCUT2D eigenvalue weighted by Gasteiger charge is 2.44. The van der Waals surface area contributed by atoms with Crippen LogP contribution in [0.4, 0.5) is 0 Å². The molecular weight excluding hydrogens is 232 g/mol. The van der Waals surface area contributed by atoms with E-state index in [9.17, 15) is 0 Å². The van der Waals surface area contributed by atoms with Crippen LogP contribution < -0.4 is 10.6 Å². The maximum Gasteiger partial charge on any atom is 0.00966 e. The van der Waals surface area contributed by atoms with Crippen molar-refractivity contribution >= 4 is 0 Å². The van der Waals surface area contributed by atoms with Gasteiger partial charge in [-0.15, -0.1) is 0 Å². The molecule has 2 rings (SSSR count). The summed E-state index contributed by atoms with van der Waals surface area (Å²) in [5, 5.41) is 7.43. The number of rotatable bonds is 4. The van der Waals surface area contributed by atoms with E-state index >= 15 is 0 Å². The van der Waals surface area contributed by atoms with Crippen molar-refractivity contribution in [2.24, 2.45) is 23.7 Å². The third-order valence-corrected chi connectivity index (χ3v) is 4.54. The largest absolute Gasteiger partial charge is 0.312 e. The molecule has 19 heavy (non-hydrogen) atoms. The number of fused-ring (bicyclic) bond motifs is 2. The topological polar surface area (TPSA) is 24.1 Å². The highest BCUT2D eigenvalue weighted by Crippen LogP contribution is 2.47. The number of nitrogens with one attached hydrogen (secondary N) is 2. The first-order valence-corrected chi connectivity index (χ1v) is 7.84. The average Bonchev–Trinajstić information content (AvgIpc) is 2.81. The Morgan fingerprint density at radius 3 is 1.47 bits per heavy atom. The molecule has 2 bridgehead atoms. The summed E-state index contributed by atoms with van der Waals surface area (Å²) in [5.41, 5.74) is 0.459. The maximum absolute atomic E-state index is 3.71. The first-order chi connectivity index (χ1) is 8.66. The molecule has 2 aliphatic rings. The van der Waals surface area contributed by atoms with Gasteiger partial charge < -0.3 is 10.6 Å². The molecule has 0 aromatic carbocycles. The average molecular weight is 264 g/mol. The summed E-state index contributed by atoms with van der Waals surface area (Å²) in [5.74, 6) is 3.24. The van der Waals surface area contributed by atoms with Gasteiger partial charge in [-0.2, -0.15) is 0 Å². The highest BCUT2D eigenvalue weighted by molar-refractivity contribution is 5.14. The van der Waals surface area contributed by atoms with Crippen LogP contribution in [0.2, 0.25) is 0 Å². The normalized spacial score (nSPS) is 34.2. The second kappa shape index (κ2) is 5.21. The Kier molecular flexibility index (Phi) is 4.13. The van der Waals surface area contributed by atoms with Crippen molar-refractivity contribution in [1.82, 2.24) is 10.6 Å². The first-order valence-electron chi connectivity index (χ1n) is 7.84. The lowest BCUT2D eigenvalue weighted by molar-refractivity contribution is 0.244. The summed E-state index contributed by atoms with van der Waals surface area (Å²) >= 11 is 0. The Bertz CT molecular complexity index is 300. The van der Waals surface area contributed by atoms with Crippen LogP contribution in [-0.2, 0) is 0 Å². The molecule has 0 heterocycles. The third kappa shape index (κ3) is 4.06. The van der Waals surface area contributed by atoms with Crippen molar-refractivity contribution in [1.29, 1.82) is 0 Å². The molecule has 0 spiro atoms. The van der Waals surface area contributed by atoms with Gasteiger partial charge >= 0.3 is 0 Å². The van der Waals surface area contributed by atoms with E-state index in [-0.39, 0.29) is 11.1 Å². The monoisotopic (exact) mass is 264 g/mol. The Hall–Kier alpha value is -0.340. The van der Waals surface area contributed by atoms with E-state index in [0.717, 1.165) is 36.8 Å². The zero-order chi connectivity index (χ0) is 14.3. The number of allylic oxidation sites excluding steroid dienone is 2. The predicted octanol–water partition coefficient (Wildman–Crippen LogP) is 3.20. The van der Waals surface area contributed by atoms with Crippen LogP contribution in [0.25, 0.3) is 0 Å². The van der Waals surface area contributed by atoms with E-state index in [2.05, 4.69) is 64.3 Å². The van der Waals surface area contributed by atoms with Crippen LogP contribution in [0.5, 0.6) is 0 Å². The minimum Gasteiger partial charge on any atom is -0.312 e. The highest BCUT2D eigenvalue weighted by atomic mass is 15.0. The SMILES string of the molecule is CC(C)(C)NC[C@H]1[C@H](CNC(C)(C)C)[C@H]2C=C[C@@H]1C2. The molecule has 0 saturated heterocycles. The second-order valence-electron chi connectivity index (χ2n) is 8.54. The lowest BCUT2D eigenvalue weighted by Crippen LogP contribution is -2.46. The van der Waals surface area contributed by atoms with Crippen LogP contribution >= 0.6 is 0 Å². The van der Waals surface area contributed by atoms with Gasteiger partial charge in [0.25, 0.3) is 0 Å². The molecule has 0 aliphatic heterocycles. The summed E-state index contributed by atoms with van der Waals surface area (Å²) in [7, 11) is 0. The zero-order valence-corrected chi connectivity index (χ0v) is 13.6. The lowest BCUT2D eigenvalue weighted by Gasteiger charge is -2.33. The summed E-state index contributed by atoms with van der Waals surface area (Å²) in [4.78, 5) is 0. The van der Waals surface area contributed by atoms with E-state index in [1.54, 1.807) is 0 Å². The molecule has 4 atom stereocenters. The molecule has 110 valence electrons. The molecule has 0 aromatic rings. The van der Waals surface area contributed by atoms with Gasteiger partial charge in [0.05, 0.1) is 0 Å². The summed E-state index contributed by atoms with van der Waals surface area (Å²) in [6.07, 6.45) is 6.31. The summed E-state index contributed by atoms with van der Waals surface area (Å²) < 4.78 is 0. The van der Waals surface area contributed by atoms with Gasteiger partial charge in [-0.25, -0.2) is 0 Å². The van der Waals surface area contributed by atoms with Gasteiger partial charge in [0, 0.05) is 11.1 Å². The van der Waals surface area contributed by atoms with Crippen LogP contribution in [0.3, 0.4) is 0 Å². The van der Waals surface area contributed by atoms with E-state index in [1.807, 2.05) is 0 Å². The number of hydrogen-bond donors (Lipinski definition) is 2. The van der Waals surface area contributed by atoms with Crippen molar-refractivity contribution in [3.8, 4) is 0 Å². The lowest BCUT2D eigenvalue weighted by atomic mass is 9.82. The third-order valence-electron chi connectivity index (χ3n) is 4.54. The molecule has 2 N–H and O–H groups in total. The Balaban J connectivity index is 1.94. The smallest absolute Gasteiger partial charge is 0.00966 e. The number of hydrogen-bond acceptors (Lipinski definition) is 2. The van der Waals surface area contributed by atoms with E-state index in [4.69, 9.17) is 0 Å². The van der Waals surface area contributed by atoms with Crippen molar-refractivity contribution in [2.45, 2.75) is 59.0 Å². The predicted molar refractivity (Wildman–Crippen MR) is 83.2 cm³/mol. The van der Waals surface area contributed by atoms with Crippen molar-refractivity contribution in [3.05, 3.63) is 12.2 Å². The van der Waals surface area contributed by atoms with Gasteiger partial charge in [0.1, 0.15) is 0 Å². The van der Waals surface area contributed by atoms with Crippen molar-refractivity contribution < 1.29 is 0 Å². The van der Waals surface area contributed by atoms with E-state index < -0.39 is 0 Å². The summed E-state index contributed by atoms with van der Waals surface area (Å²) in [6, 6.07) is 0. The van der Waals surface area contributed by atoms with Gasteiger partial charge in [0.2, 0.25) is 0 Å².